The monoisotopic (exact) mass is 430 g/mol. The smallest absolute Gasteiger partial charge is 0.259 e. The number of nitriles is 1. The largest absolute Gasteiger partial charge is 0.497 e. The minimum atomic E-state index is -0.752. The van der Waals surface area contributed by atoms with Crippen molar-refractivity contribution in [1.29, 1.82) is 5.26 Å². The Bertz CT molecular complexity index is 1310. The van der Waals surface area contributed by atoms with Gasteiger partial charge in [-0.15, -0.1) is 0 Å². The number of aromatic nitrogens is 2. The number of benzene rings is 1. The van der Waals surface area contributed by atoms with E-state index in [1.807, 2.05) is 19.1 Å². The number of nitrogens with zero attached hydrogens (tertiary/aromatic N) is 3. The Hall–Kier alpha value is -4.25. The Morgan fingerprint density at radius 3 is 2.72 bits per heavy atom. The van der Waals surface area contributed by atoms with E-state index in [0.29, 0.717) is 40.6 Å². The zero-order valence-corrected chi connectivity index (χ0v) is 18.0. The Labute approximate surface area is 185 Å². The molecule has 0 amide bonds. The van der Waals surface area contributed by atoms with E-state index in [0.717, 1.165) is 5.56 Å². The second-order valence-electron chi connectivity index (χ2n) is 7.35. The molecule has 4 rings (SSSR count). The highest BCUT2D eigenvalue weighted by Crippen LogP contribution is 2.44. The lowest BCUT2D eigenvalue weighted by molar-refractivity contribution is 0.378. The molecule has 0 saturated heterocycles. The number of pyridine rings is 2. The van der Waals surface area contributed by atoms with Crippen molar-refractivity contribution in [3.05, 3.63) is 93.0 Å². The van der Waals surface area contributed by atoms with E-state index >= 15 is 0 Å². The second kappa shape index (κ2) is 8.47. The number of nitrogens with two attached hydrogens (primary N) is 1. The molecule has 32 heavy (non-hydrogen) atoms. The summed E-state index contributed by atoms with van der Waals surface area (Å²) in [6.07, 6.45) is 3.39. The molecule has 1 aromatic carbocycles. The molecule has 0 bridgehead atoms. The van der Waals surface area contributed by atoms with Crippen LogP contribution in [-0.2, 0) is 6.54 Å². The fraction of sp³-hybridized carbons (Fsp3) is 0.208. The van der Waals surface area contributed by atoms with E-state index < -0.39 is 5.92 Å². The molecule has 0 unspecified atom stereocenters. The fourth-order valence-corrected chi connectivity index (χ4v) is 3.92. The van der Waals surface area contributed by atoms with Crippen LogP contribution in [0.4, 0.5) is 0 Å². The van der Waals surface area contributed by atoms with E-state index in [2.05, 4.69) is 11.1 Å². The van der Waals surface area contributed by atoms with Gasteiger partial charge in [0.1, 0.15) is 28.9 Å². The van der Waals surface area contributed by atoms with Gasteiger partial charge in [0.2, 0.25) is 5.88 Å². The summed E-state index contributed by atoms with van der Waals surface area (Å²) in [5.41, 5.74) is 8.49. The van der Waals surface area contributed by atoms with Gasteiger partial charge in [-0.05, 0) is 24.6 Å². The third-order valence-electron chi connectivity index (χ3n) is 5.51. The third kappa shape index (κ3) is 3.54. The van der Waals surface area contributed by atoms with E-state index in [1.165, 1.54) is 7.11 Å². The molecule has 0 aliphatic carbocycles. The number of methoxy groups -OCH3 is 2. The number of rotatable bonds is 5. The van der Waals surface area contributed by atoms with Crippen molar-refractivity contribution in [2.24, 2.45) is 5.73 Å². The maximum Gasteiger partial charge on any atom is 0.259 e. The van der Waals surface area contributed by atoms with Crippen LogP contribution < -0.4 is 25.5 Å². The van der Waals surface area contributed by atoms with Crippen molar-refractivity contribution in [1.82, 2.24) is 9.55 Å². The van der Waals surface area contributed by atoms with E-state index in [-0.39, 0.29) is 17.0 Å². The summed E-state index contributed by atoms with van der Waals surface area (Å²) in [5, 5.41) is 9.88. The van der Waals surface area contributed by atoms with Crippen LogP contribution in [0, 0.1) is 18.3 Å². The highest BCUT2D eigenvalue weighted by molar-refractivity contribution is 5.59. The molecule has 1 aliphatic heterocycles. The van der Waals surface area contributed by atoms with Crippen LogP contribution in [0.2, 0.25) is 0 Å². The van der Waals surface area contributed by atoms with Crippen LogP contribution in [0.25, 0.3) is 0 Å². The zero-order chi connectivity index (χ0) is 22.8. The summed E-state index contributed by atoms with van der Waals surface area (Å²) >= 11 is 0. The number of aryl methyl sites for hydroxylation is 1. The summed E-state index contributed by atoms with van der Waals surface area (Å²) in [4.78, 5) is 17.9. The molecule has 2 aromatic heterocycles. The van der Waals surface area contributed by atoms with Crippen LogP contribution >= 0.6 is 0 Å². The topological polar surface area (TPSA) is 112 Å². The SMILES string of the molecule is COc1ccc([C@@H]2C(C#N)=C(N)Oc3cc(C)n(Cc4cccnc4)c(=O)c32)c(OC)c1. The average Bonchev–Trinajstić information content (AvgIpc) is 2.81. The van der Waals surface area contributed by atoms with Gasteiger partial charge < -0.3 is 24.5 Å². The molecule has 1 atom stereocenters. The molecule has 0 radical (unpaired) electrons. The number of fused-ring (bicyclic) bond motifs is 1. The lowest BCUT2D eigenvalue weighted by atomic mass is 9.83. The zero-order valence-electron chi connectivity index (χ0n) is 18.0. The Kier molecular flexibility index (Phi) is 5.56. The molecule has 3 heterocycles. The maximum absolute atomic E-state index is 13.7. The van der Waals surface area contributed by atoms with Crippen LogP contribution in [0.3, 0.4) is 0 Å². The number of hydrogen-bond acceptors (Lipinski definition) is 7. The molecule has 3 aromatic rings. The Morgan fingerprint density at radius 1 is 1.25 bits per heavy atom. The molecule has 2 N–H and O–H groups in total. The van der Waals surface area contributed by atoms with Gasteiger partial charge in [-0.3, -0.25) is 9.78 Å². The van der Waals surface area contributed by atoms with Crippen molar-refractivity contribution < 1.29 is 14.2 Å². The normalized spacial score (nSPS) is 14.9. The van der Waals surface area contributed by atoms with Gasteiger partial charge in [-0.2, -0.15) is 5.26 Å². The first-order valence-corrected chi connectivity index (χ1v) is 9.91. The minimum Gasteiger partial charge on any atom is -0.497 e. The molecule has 1 aliphatic rings. The molecule has 8 nitrogen and oxygen atoms in total. The molecule has 0 saturated carbocycles. The summed E-state index contributed by atoms with van der Waals surface area (Å²) < 4.78 is 18.2. The summed E-state index contributed by atoms with van der Waals surface area (Å²) in [6, 6.07) is 12.8. The molecule has 162 valence electrons. The number of allylic oxidation sites excluding steroid dienone is 1. The third-order valence-corrected chi connectivity index (χ3v) is 5.51. The average molecular weight is 430 g/mol. The summed E-state index contributed by atoms with van der Waals surface area (Å²) in [5.74, 6) is 0.603. The second-order valence-corrected chi connectivity index (χ2v) is 7.35. The fourth-order valence-electron chi connectivity index (χ4n) is 3.92. The quantitative estimate of drug-likeness (QED) is 0.662. The molecule has 0 spiro atoms. The van der Waals surface area contributed by atoms with Gasteiger partial charge in [0.05, 0.1) is 32.2 Å². The van der Waals surface area contributed by atoms with Gasteiger partial charge in [-0.25, -0.2) is 0 Å². The first-order valence-electron chi connectivity index (χ1n) is 9.91. The van der Waals surface area contributed by atoms with E-state index in [9.17, 15) is 10.1 Å². The number of hydrogen-bond donors (Lipinski definition) is 1. The highest BCUT2D eigenvalue weighted by atomic mass is 16.5. The molecule has 8 heteroatoms. The Balaban J connectivity index is 1.96. The van der Waals surface area contributed by atoms with Crippen molar-refractivity contribution in [2.75, 3.05) is 14.2 Å². The van der Waals surface area contributed by atoms with Crippen molar-refractivity contribution in [3.8, 4) is 23.3 Å². The summed E-state index contributed by atoms with van der Waals surface area (Å²) in [6.45, 7) is 2.16. The van der Waals surface area contributed by atoms with Gasteiger partial charge in [0.25, 0.3) is 5.56 Å². The van der Waals surface area contributed by atoms with Crippen molar-refractivity contribution >= 4 is 0 Å². The number of ether oxygens (including phenoxy) is 3. The lowest BCUT2D eigenvalue weighted by Gasteiger charge is -2.28. The molecule has 0 fully saturated rings. The first-order chi connectivity index (χ1) is 15.5. The standard InChI is InChI=1S/C24H22N4O4/c1-14-9-20-22(24(29)28(14)13-15-5-4-8-27-12-15)21(18(11-25)23(26)32-20)17-7-6-16(30-2)10-19(17)31-3/h4-10,12,21H,13,26H2,1-3H3/t21-/m1/s1. The minimum absolute atomic E-state index is 0.0355. The predicted molar refractivity (Wildman–Crippen MR) is 118 cm³/mol. The predicted octanol–water partition coefficient (Wildman–Crippen LogP) is 2.84. The van der Waals surface area contributed by atoms with Gasteiger partial charge in [0, 0.05) is 35.8 Å². The highest BCUT2D eigenvalue weighted by Gasteiger charge is 2.36. The van der Waals surface area contributed by atoms with E-state index in [1.54, 1.807) is 48.3 Å². The maximum atomic E-state index is 13.7. The van der Waals surface area contributed by atoms with Crippen molar-refractivity contribution in [3.63, 3.8) is 0 Å². The van der Waals surface area contributed by atoms with Gasteiger partial charge in [-0.1, -0.05) is 12.1 Å². The van der Waals surface area contributed by atoms with Crippen LogP contribution in [-0.4, -0.2) is 23.8 Å². The Morgan fingerprint density at radius 2 is 2.06 bits per heavy atom. The van der Waals surface area contributed by atoms with Crippen molar-refractivity contribution in [2.45, 2.75) is 19.4 Å². The van der Waals surface area contributed by atoms with Crippen LogP contribution in [0.5, 0.6) is 17.2 Å². The van der Waals surface area contributed by atoms with Crippen LogP contribution in [0.15, 0.2) is 65.0 Å². The van der Waals surface area contributed by atoms with E-state index in [4.69, 9.17) is 19.9 Å². The summed E-state index contributed by atoms with van der Waals surface area (Å²) in [7, 11) is 3.07. The van der Waals surface area contributed by atoms with Gasteiger partial charge in [0.15, 0.2) is 0 Å². The lowest BCUT2D eigenvalue weighted by Crippen LogP contribution is -2.33. The molecular formula is C24H22N4O4. The van der Waals surface area contributed by atoms with Gasteiger partial charge >= 0.3 is 0 Å². The molecular weight excluding hydrogens is 408 g/mol. The first kappa shape index (κ1) is 21.0. The van der Waals surface area contributed by atoms with Crippen LogP contribution in [0.1, 0.15) is 28.3 Å².